The normalized spacial score (nSPS) is 15.1. The highest BCUT2D eigenvalue weighted by Gasteiger charge is 2.34. The maximum Gasteiger partial charge on any atom is 0.258 e. The molecule has 4 rings (SSSR count). The van der Waals surface area contributed by atoms with Gasteiger partial charge in [-0.15, -0.1) is 0 Å². The van der Waals surface area contributed by atoms with Crippen molar-refractivity contribution in [1.29, 1.82) is 0 Å². The van der Waals surface area contributed by atoms with Crippen LogP contribution in [0.1, 0.15) is 17.9 Å². The summed E-state index contributed by atoms with van der Waals surface area (Å²) in [5.74, 6) is -1.91. The summed E-state index contributed by atoms with van der Waals surface area (Å²) in [7, 11) is 0. The van der Waals surface area contributed by atoms with Crippen LogP contribution < -0.4 is 21.5 Å². The molecular weight excluding hydrogens is 465 g/mol. The highest BCUT2D eigenvalue weighted by molar-refractivity contribution is 6.35. The van der Waals surface area contributed by atoms with E-state index in [-0.39, 0.29) is 23.8 Å². The average Bonchev–Trinajstić information content (AvgIpc) is 2.68. The lowest BCUT2D eigenvalue weighted by Gasteiger charge is -2.23. The van der Waals surface area contributed by atoms with Crippen molar-refractivity contribution >= 4 is 69.8 Å². The van der Waals surface area contributed by atoms with Gasteiger partial charge >= 0.3 is 0 Å². The van der Waals surface area contributed by atoms with Gasteiger partial charge in [0.2, 0.25) is 17.8 Å². The molecule has 3 aromatic rings. The lowest BCUT2D eigenvalue weighted by molar-refractivity contribution is -0.123. The molecular formula is C20H14Cl3N5O3. The molecule has 8 nitrogen and oxygen atoms in total. The third-order valence-corrected chi connectivity index (χ3v) is 5.19. The first-order valence-corrected chi connectivity index (χ1v) is 10.2. The van der Waals surface area contributed by atoms with Crippen LogP contribution in [0.5, 0.6) is 0 Å². The zero-order valence-electron chi connectivity index (χ0n) is 15.6. The number of carbonyl (C=O) groups is 2. The fourth-order valence-electron chi connectivity index (χ4n) is 3.18. The number of halogens is 3. The zero-order valence-corrected chi connectivity index (χ0v) is 17.9. The summed E-state index contributed by atoms with van der Waals surface area (Å²) >= 11 is 17.8. The maximum atomic E-state index is 12.9. The largest absolute Gasteiger partial charge is 0.326 e. The fraction of sp³-hybridized carbons (Fsp3) is 0.100. The van der Waals surface area contributed by atoms with Gasteiger partial charge in [-0.2, -0.15) is 4.98 Å². The molecule has 0 bridgehead atoms. The molecule has 1 unspecified atom stereocenters. The number of rotatable bonds is 4. The predicted molar refractivity (Wildman–Crippen MR) is 121 cm³/mol. The Balaban J connectivity index is 1.64. The molecule has 0 aliphatic carbocycles. The van der Waals surface area contributed by atoms with Gasteiger partial charge in [0.15, 0.2) is 0 Å². The third kappa shape index (κ3) is 4.82. The van der Waals surface area contributed by atoms with E-state index < -0.39 is 23.3 Å². The fourth-order valence-corrected chi connectivity index (χ4v) is 3.83. The van der Waals surface area contributed by atoms with Crippen LogP contribution in [-0.4, -0.2) is 21.8 Å². The summed E-state index contributed by atoms with van der Waals surface area (Å²) in [6, 6.07) is 11.3. The van der Waals surface area contributed by atoms with E-state index in [2.05, 4.69) is 25.9 Å². The Bertz CT molecular complexity index is 1220. The standard InChI is InChI=1S/C20H14Cl3N5O3/c21-9-1-3-12(4-2-9)25-20-27-17-16(19(31)28-20)14(8-15(29)26-17)18(30)24-13-6-10(22)5-11(23)7-13/h1-7,14H,8H2,(H,24,30)(H3,25,26,27,28,29,31). The smallest absolute Gasteiger partial charge is 0.258 e. The predicted octanol–water partition coefficient (Wildman–Crippen LogP) is 4.54. The van der Waals surface area contributed by atoms with Crippen molar-refractivity contribution in [3.05, 3.63) is 73.4 Å². The van der Waals surface area contributed by atoms with Gasteiger partial charge in [0.05, 0.1) is 11.5 Å². The molecule has 11 heteroatoms. The van der Waals surface area contributed by atoms with Crippen LogP contribution >= 0.6 is 34.8 Å². The van der Waals surface area contributed by atoms with Crippen LogP contribution in [0.3, 0.4) is 0 Å². The zero-order chi connectivity index (χ0) is 22.1. The first-order chi connectivity index (χ1) is 14.8. The summed E-state index contributed by atoms with van der Waals surface area (Å²) in [4.78, 5) is 44.7. The SMILES string of the molecule is O=C1CC(C(=O)Nc2cc(Cl)cc(Cl)c2)c2c(nc(Nc3ccc(Cl)cc3)[nH]c2=O)N1. The second-order valence-electron chi connectivity index (χ2n) is 6.76. The molecule has 2 aromatic carbocycles. The van der Waals surface area contributed by atoms with E-state index in [1.54, 1.807) is 24.3 Å². The summed E-state index contributed by atoms with van der Waals surface area (Å²) < 4.78 is 0. The van der Waals surface area contributed by atoms with Crippen LogP contribution in [0.2, 0.25) is 15.1 Å². The molecule has 2 heterocycles. The van der Waals surface area contributed by atoms with Crippen LogP contribution in [0.15, 0.2) is 47.3 Å². The second kappa shape index (κ2) is 8.58. The van der Waals surface area contributed by atoms with Crippen molar-refractivity contribution in [3.8, 4) is 0 Å². The number of hydrogen-bond donors (Lipinski definition) is 4. The van der Waals surface area contributed by atoms with Gasteiger partial charge in [0, 0.05) is 32.9 Å². The highest BCUT2D eigenvalue weighted by atomic mass is 35.5. The monoisotopic (exact) mass is 477 g/mol. The Hall–Kier alpha value is -3.07. The number of anilines is 4. The summed E-state index contributed by atoms with van der Waals surface area (Å²) in [6.45, 7) is 0. The summed E-state index contributed by atoms with van der Waals surface area (Å²) in [5.41, 5.74) is 0.486. The van der Waals surface area contributed by atoms with Gasteiger partial charge in [-0.3, -0.25) is 19.4 Å². The lowest BCUT2D eigenvalue weighted by atomic mass is 9.92. The van der Waals surface area contributed by atoms with E-state index in [0.717, 1.165) is 0 Å². The van der Waals surface area contributed by atoms with E-state index in [9.17, 15) is 14.4 Å². The number of aromatic amines is 1. The van der Waals surface area contributed by atoms with Crippen LogP contribution in [0.25, 0.3) is 0 Å². The van der Waals surface area contributed by atoms with Gasteiger partial charge < -0.3 is 16.0 Å². The van der Waals surface area contributed by atoms with Crippen molar-refractivity contribution in [2.75, 3.05) is 16.0 Å². The molecule has 1 aliphatic heterocycles. The topological polar surface area (TPSA) is 116 Å². The summed E-state index contributed by atoms with van der Waals surface area (Å²) in [6.07, 6.45) is -0.206. The Morgan fingerprint density at radius 3 is 2.32 bits per heavy atom. The van der Waals surface area contributed by atoms with Gasteiger partial charge in [0.25, 0.3) is 5.56 Å². The number of amides is 2. The molecule has 2 amide bonds. The van der Waals surface area contributed by atoms with E-state index in [4.69, 9.17) is 34.8 Å². The molecule has 0 saturated carbocycles. The molecule has 4 N–H and O–H groups in total. The molecule has 1 aromatic heterocycles. The molecule has 31 heavy (non-hydrogen) atoms. The average molecular weight is 479 g/mol. The third-order valence-electron chi connectivity index (χ3n) is 4.50. The Labute approximate surface area is 190 Å². The molecule has 0 saturated heterocycles. The van der Waals surface area contributed by atoms with Gasteiger partial charge in [-0.05, 0) is 42.5 Å². The Morgan fingerprint density at radius 2 is 1.65 bits per heavy atom. The molecule has 0 fully saturated rings. The van der Waals surface area contributed by atoms with Crippen molar-refractivity contribution in [3.63, 3.8) is 0 Å². The number of carbonyl (C=O) groups excluding carboxylic acids is 2. The molecule has 158 valence electrons. The van der Waals surface area contributed by atoms with Gasteiger partial charge in [-0.25, -0.2) is 0 Å². The number of nitrogens with zero attached hydrogens (tertiary/aromatic N) is 1. The number of H-pyrrole nitrogens is 1. The maximum absolute atomic E-state index is 12.9. The first kappa shape index (κ1) is 21.2. The van der Waals surface area contributed by atoms with Crippen molar-refractivity contribution < 1.29 is 9.59 Å². The van der Waals surface area contributed by atoms with Crippen LogP contribution in [-0.2, 0) is 9.59 Å². The van der Waals surface area contributed by atoms with Crippen LogP contribution in [0.4, 0.5) is 23.1 Å². The highest BCUT2D eigenvalue weighted by Crippen LogP contribution is 2.31. The minimum absolute atomic E-state index is 0.0146. The number of hydrogen-bond acceptors (Lipinski definition) is 5. The first-order valence-electron chi connectivity index (χ1n) is 9.02. The number of nitrogens with one attached hydrogen (secondary N) is 4. The molecule has 0 radical (unpaired) electrons. The minimum Gasteiger partial charge on any atom is -0.326 e. The number of fused-ring (bicyclic) bond motifs is 1. The lowest BCUT2D eigenvalue weighted by Crippen LogP contribution is -2.36. The Morgan fingerprint density at radius 1 is 0.968 bits per heavy atom. The second-order valence-corrected chi connectivity index (χ2v) is 8.07. The van der Waals surface area contributed by atoms with E-state index in [1.165, 1.54) is 18.2 Å². The number of aromatic nitrogens is 2. The molecule has 1 atom stereocenters. The van der Waals surface area contributed by atoms with Crippen molar-refractivity contribution in [1.82, 2.24) is 9.97 Å². The molecule has 0 spiro atoms. The molecule has 1 aliphatic rings. The summed E-state index contributed by atoms with van der Waals surface area (Å²) in [5, 5.41) is 9.35. The van der Waals surface area contributed by atoms with Crippen LogP contribution in [0, 0.1) is 0 Å². The quantitative estimate of drug-likeness (QED) is 0.439. The minimum atomic E-state index is -1.04. The van der Waals surface area contributed by atoms with Crippen molar-refractivity contribution in [2.45, 2.75) is 12.3 Å². The van der Waals surface area contributed by atoms with E-state index >= 15 is 0 Å². The van der Waals surface area contributed by atoms with E-state index in [0.29, 0.717) is 26.4 Å². The van der Waals surface area contributed by atoms with Crippen molar-refractivity contribution in [2.24, 2.45) is 0 Å². The van der Waals surface area contributed by atoms with Gasteiger partial charge in [-0.1, -0.05) is 34.8 Å². The Kier molecular flexibility index (Phi) is 5.86. The number of benzene rings is 2. The van der Waals surface area contributed by atoms with E-state index in [1.807, 2.05) is 0 Å². The van der Waals surface area contributed by atoms with Gasteiger partial charge in [0.1, 0.15) is 5.82 Å².